The third kappa shape index (κ3) is 6.63. The molecule has 0 heterocycles. The van der Waals surface area contributed by atoms with Crippen molar-refractivity contribution in [3.05, 3.63) is 90.0 Å². The fraction of sp³-hybridized carbons (Fsp3) is 0.200. The van der Waals surface area contributed by atoms with Gasteiger partial charge in [0, 0.05) is 5.54 Å². The van der Waals surface area contributed by atoms with Gasteiger partial charge in [-0.15, -0.1) is 0 Å². The summed E-state index contributed by atoms with van der Waals surface area (Å²) in [5.41, 5.74) is -0.0933. The van der Waals surface area contributed by atoms with Crippen LogP contribution in [0.2, 0.25) is 0 Å². The second kappa shape index (κ2) is 10.2. The van der Waals surface area contributed by atoms with Crippen LogP contribution >= 0.6 is 0 Å². The number of rotatable bonds is 7. The topological polar surface area (TPSA) is 95.6 Å². The zero-order valence-corrected chi connectivity index (χ0v) is 20.2. The predicted octanol–water partition coefficient (Wildman–Crippen LogP) is 4.33. The maximum Gasteiger partial charge on any atom is 0.264 e. The van der Waals surface area contributed by atoms with E-state index < -0.39 is 45.6 Å². The number of carbonyl (C=O) groups is 2. The lowest BCUT2D eigenvalue weighted by molar-refractivity contribution is -0.114. The van der Waals surface area contributed by atoms with Crippen molar-refractivity contribution in [3.63, 3.8) is 0 Å². The summed E-state index contributed by atoms with van der Waals surface area (Å²) < 4.78 is 54.2. The highest BCUT2D eigenvalue weighted by atomic mass is 32.2. The molecule has 3 aromatic rings. The smallest absolute Gasteiger partial charge is 0.264 e. The van der Waals surface area contributed by atoms with E-state index in [0.29, 0.717) is 0 Å². The minimum atomic E-state index is -4.32. The maximum absolute atomic E-state index is 13.5. The Morgan fingerprint density at radius 2 is 1.40 bits per heavy atom. The standard InChI is InChI=1S/C25H25F2N3O4S/c1-25(2,3)29-24(32)21-6-4-5-7-22(21)28-23(31)16-30(19-12-8-17(26)9-13-19)35(33,34)20-14-10-18(27)11-15-20/h4-15H,16H2,1-3H3,(H,28,31)(H,29,32). The fourth-order valence-electron chi connectivity index (χ4n) is 3.17. The number of hydrogen-bond donors (Lipinski definition) is 2. The molecule has 0 saturated carbocycles. The maximum atomic E-state index is 13.5. The molecule has 0 unspecified atom stereocenters. The van der Waals surface area contributed by atoms with Crippen LogP contribution in [-0.2, 0) is 14.8 Å². The summed E-state index contributed by atoms with van der Waals surface area (Å²) in [6.45, 7) is 4.76. The Morgan fingerprint density at radius 3 is 1.97 bits per heavy atom. The molecular weight excluding hydrogens is 476 g/mol. The van der Waals surface area contributed by atoms with Crippen LogP contribution in [0.1, 0.15) is 31.1 Å². The van der Waals surface area contributed by atoms with Crippen molar-refractivity contribution in [1.82, 2.24) is 5.32 Å². The number of sulfonamides is 1. The first-order valence-electron chi connectivity index (χ1n) is 10.6. The van der Waals surface area contributed by atoms with E-state index in [1.807, 2.05) is 20.8 Å². The first-order chi connectivity index (χ1) is 16.4. The first kappa shape index (κ1) is 25.8. The molecule has 0 spiro atoms. The highest BCUT2D eigenvalue weighted by Gasteiger charge is 2.28. The van der Waals surface area contributed by atoms with E-state index in [-0.39, 0.29) is 21.8 Å². The molecule has 0 aromatic heterocycles. The third-order valence-corrected chi connectivity index (χ3v) is 6.53. The van der Waals surface area contributed by atoms with Gasteiger partial charge in [-0.2, -0.15) is 0 Å². The normalized spacial score (nSPS) is 11.6. The van der Waals surface area contributed by atoms with Gasteiger partial charge in [0.25, 0.3) is 15.9 Å². The molecule has 2 N–H and O–H groups in total. The lowest BCUT2D eigenvalue weighted by Crippen LogP contribution is -2.41. The lowest BCUT2D eigenvalue weighted by atomic mass is 10.1. The molecule has 3 aromatic carbocycles. The molecule has 2 amide bonds. The quantitative estimate of drug-likeness (QED) is 0.504. The van der Waals surface area contributed by atoms with Crippen molar-refractivity contribution < 1.29 is 26.8 Å². The number of hydrogen-bond acceptors (Lipinski definition) is 4. The van der Waals surface area contributed by atoms with E-state index in [2.05, 4.69) is 10.6 Å². The minimum Gasteiger partial charge on any atom is -0.347 e. The molecule has 0 aliphatic rings. The Kier molecular flexibility index (Phi) is 7.54. The molecule has 0 bridgehead atoms. The Balaban J connectivity index is 1.92. The average Bonchev–Trinajstić information content (AvgIpc) is 2.77. The van der Waals surface area contributed by atoms with Gasteiger partial charge >= 0.3 is 0 Å². The second-order valence-corrected chi connectivity index (χ2v) is 10.6. The number of anilines is 2. The van der Waals surface area contributed by atoms with Gasteiger partial charge in [-0.1, -0.05) is 12.1 Å². The van der Waals surface area contributed by atoms with Crippen molar-refractivity contribution in [3.8, 4) is 0 Å². The van der Waals surface area contributed by atoms with E-state index >= 15 is 0 Å². The second-order valence-electron chi connectivity index (χ2n) is 8.74. The summed E-state index contributed by atoms with van der Waals surface area (Å²) in [4.78, 5) is 25.4. The van der Waals surface area contributed by atoms with Crippen LogP contribution in [0.15, 0.2) is 77.7 Å². The molecular formula is C25H25F2N3O4S. The van der Waals surface area contributed by atoms with Crippen molar-refractivity contribution in [2.24, 2.45) is 0 Å². The highest BCUT2D eigenvalue weighted by molar-refractivity contribution is 7.92. The summed E-state index contributed by atoms with van der Waals surface area (Å²) in [6.07, 6.45) is 0. The number of amides is 2. The van der Waals surface area contributed by atoms with Crippen molar-refractivity contribution in [2.45, 2.75) is 31.2 Å². The van der Waals surface area contributed by atoms with Gasteiger partial charge in [0.05, 0.1) is 21.8 Å². The monoisotopic (exact) mass is 501 g/mol. The average molecular weight is 502 g/mol. The molecule has 0 aliphatic heterocycles. The Labute approximate surface area is 202 Å². The molecule has 0 fully saturated rings. The molecule has 0 radical (unpaired) electrons. The molecule has 0 atom stereocenters. The van der Waals surface area contributed by atoms with Crippen LogP contribution in [0.25, 0.3) is 0 Å². The Hall–Kier alpha value is -3.79. The number of nitrogens with one attached hydrogen (secondary N) is 2. The summed E-state index contributed by atoms with van der Waals surface area (Å²) in [5.74, 6) is -2.37. The summed E-state index contributed by atoms with van der Waals surface area (Å²) >= 11 is 0. The van der Waals surface area contributed by atoms with E-state index in [9.17, 15) is 26.8 Å². The number of halogens is 2. The van der Waals surface area contributed by atoms with Gasteiger partial charge in [0.1, 0.15) is 18.2 Å². The van der Waals surface area contributed by atoms with Crippen LogP contribution in [0.5, 0.6) is 0 Å². The largest absolute Gasteiger partial charge is 0.347 e. The number of carbonyl (C=O) groups excluding carboxylic acids is 2. The SMILES string of the molecule is CC(C)(C)NC(=O)c1ccccc1NC(=O)CN(c1ccc(F)cc1)S(=O)(=O)c1ccc(F)cc1. The summed E-state index contributed by atoms with van der Waals surface area (Å²) in [6, 6.07) is 15.0. The zero-order valence-electron chi connectivity index (χ0n) is 19.4. The van der Waals surface area contributed by atoms with E-state index in [0.717, 1.165) is 40.7 Å². The first-order valence-corrected chi connectivity index (χ1v) is 12.1. The highest BCUT2D eigenvalue weighted by Crippen LogP contribution is 2.25. The van der Waals surface area contributed by atoms with Gasteiger partial charge < -0.3 is 10.6 Å². The Bertz CT molecular complexity index is 1320. The van der Waals surface area contributed by atoms with Gasteiger partial charge in [-0.3, -0.25) is 13.9 Å². The Morgan fingerprint density at radius 1 is 0.857 bits per heavy atom. The molecule has 0 aliphatic carbocycles. The van der Waals surface area contributed by atoms with Crippen LogP contribution in [-0.4, -0.2) is 32.3 Å². The van der Waals surface area contributed by atoms with Crippen molar-refractivity contribution in [2.75, 3.05) is 16.2 Å². The van der Waals surface area contributed by atoms with Crippen LogP contribution in [0.3, 0.4) is 0 Å². The van der Waals surface area contributed by atoms with E-state index in [1.165, 1.54) is 24.3 Å². The van der Waals surface area contributed by atoms with Gasteiger partial charge in [0.15, 0.2) is 0 Å². The van der Waals surface area contributed by atoms with Crippen LogP contribution in [0.4, 0.5) is 20.2 Å². The summed E-state index contributed by atoms with van der Waals surface area (Å²) in [5, 5.41) is 5.39. The van der Waals surface area contributed by atoms with Gasteiger partial charge in [-0.05, 0) is 81.4 Å². The number of benzene rings is 3. The van der Waals surface area contributed by atoms with Crippen LogP contribution in [0, 0.1) is 11.6 Å². The third-order valence-electron chi connectivity index (χ3n) is 4.74. The van der Waals surface area contributed by atoms with Crippen molar-refractivity contribution >= 4 is 33.2 Å². The lowest BCUT2D eigenvalue weighted by Gasteiger charge is -2.25. The van der Waals surface area contributed by atoms with Crippen LogP contribution < -0.4 is 14.9 Å². The molecule has 7 nitrogen and oxygen atoms in total. The van der Waals surface area contributed by atoms with E-state index in [1.54, 1.807) is 12.1 Å². The number of nitrogens with zero attached hydrogens (tertiary/aromatic N) is 1. The number of para-hydroxylation sites is 1. The molecule has 184 valence electrons. The molecule has 3 rings (SSSR count). The van der Waals surface area contributed by atoms with Gasteiger partial charge in [-0.25, -0.2) is 17.2 Å². The minimum absolute atomic E-state index is 0.0321. The molecule has 10 heteroatoms. The summed E-state index contributed by atoms with van der Waals surface area (Å²) in [7, 11) is -4.32. The van der Waals surface area contributed by atoms with Crippen molar-refractivity contribution in [1.29, 1.82) is 0 Å². The molecule has 35 heavy (non-hydrogen) atoms. The van der Waals surface area contributed by atoms with E-state index in [4.69, 9.17) is 0 Å². The fourth-order valence-corrected chi connectivity index (χ4v) is 4.60. The zero-order chi connectivity index (χ0) is 25.8. The van der Waals surface area contributed by atoms with Gasteiger partial charge in [0.2, 0.25) is 5.91 Å². The predicted molar refractivity (Wildman–Crippen MR) is 130 cm³/mol. The molecule has 0 saturated heterocycles.